The van der Waals surface area contributed by atoms with Crippen LogP contribution < -0.4 is 4.74 Å². The third-order valence-corrected chi connectivity index (χ3v) is 4.00. The molecule has 0 bridgehead atoms. The summed E-state index contributed by atoms with van der Waals surface area (Å²) in [4.78, 5) is 35.3. The van der Waals surface area contributed by atoms with Crippen LogP contribution in [0.25, 0.3) is 0 Å². The maximum Gasteiger partial charge on any atom is 0.310 e. The standard InChI is InChI=1S/C16H20N2O6/c1-11-8-12(16(20)21)10-17(9-11)15(19)6-7-24-14-5-3-2-4-13(14)18(22)23/h2-5,11-12H,6-10H2,1H3,(H,20,21). The van der Waals surface area contributed by atoms with E-state index >= 15 is 0 Å². The van der Waals surface area contributed by atoms with Crippen LogP contribution in [0.1, 0.15) is 19.8 Å². The van der Waals surface area contributed by atoms with Crippen LogP contribution in [0.3, 0.4) is 0 Å². The van der Waals surface area contributed by atoms with Crippen LogP contribution in [-0.2, 0) is 9.59 Å². The van der Waals surface area contributed by atoms with Crippen molar-refractivity contribution in [1.29, 1.82) is 0 Å². The molecule has 1 aliphatic heterocycles. The van der Waals surface area contributed by atoms with E-state index in [0.29, 0.717) is 13.0 Å². The maximum atomic E-state index is 12.2. The first-order valence-electron chi connectivity index (χ1n) is 7.75. The summed E-state index contributed by atoms with van der Waals surface area (Å²) < 4.78 is 5.36. The van der Waals surface area contributed by atoms with Crippen LogP contribution in [0.4, 0.5) is 5.69 Å². The van der Waals surface area contributed by atoms with Crippen LogP contribution in [0.5, 0.6) is 5.75 Å². The second kappa shape index (κ2) is 7.76. The maximum absolute atomic E-state index is 12.2. The lowest BCUT2D eigenvalue weighted by atomic mass is 9.90. The number of hydrogen-bond donors (Lipinski definition) is 1. The number of carbonyl (C=O) groups is 2. The molecule has 0 aliphatic carbocycles. The number of likely N-dealkylation sites (tertiary alicyclic amines) is 1. The molecule has 1 aromatic carbocycles. The smallest absolute Gasteiger partial charge is 0.310 e. The van der Waals surface area contributed by atoms with Gasteiger partial charge in [0.15, 0.2) is 5.75 Å². The Hall–Kier alpha value is -2.64. The Morgan fingerprint density at radius 2 is 2.08 bits per heavy atom. The Bertz CT molecular complexity index is 633. The molecule has 1 heterocycles. The second-order valence-corrected chi connectivity index (χ2v) is 6.00. The quantitative estimate of drug-likeness (QED) is 0.628. The Morgan fingerprint density at radius 3 is 2.75 bits per heavy atom. The van der Waals surface area contributed by atoms with Gasteiger partial charge in [-0.3, -0.25) is 19.7 Å². The number of benzene rings is 1. The van der Waals surface area contributed by atoms with E-state index in [9.17, 15) is 19.7 Å². The van der Waals surface area contributed by atoms with Gasteiger partial charge in [-0.05, 0) is 18.4 Å². The zero-order chi connectivity index (χ0) is 17.7. The number of carboxylic acids is 1. The number of hydrogen-bond acceptors (Lipinski definition) is 5. The first kappa shape index (κ1) is 17.7. The Balaban J connectivity index is 1.89. The number of para-hydroxylation sites is 2. The highest BCUT2D eigenvalue weighted by Crippen LogP contribution is 2.26. The van der Waals surface area contributed by atoms with Crippen molar-refractivity contribution in [3.63, 3.8) is 0 Å². The van der Waals surface area contributed by atoms with Crippen molar-refractivity contribution in [2.24, 2.45) is 11.8 Å². The molecule has 1 fully saturated rings. The van der Waals surface area contributed by atoms with Gasteiger partial charge in [-0.1, -0.05) is 19.1 Å². The number of carbonyl (C=O) groups excluding carboxylic acids is 1. The van der Waals surface area contributed by atoms with E-state index in [2.05, 4.69) is 0 Å². The Labute approximate surface area is 139 Å². The van der Waals surface area contributed by atoms with Gasteiger partial charge in [0, 0.05) is 19.2 Å². The van der Waals surface area contributed by atoms with Crippen molar-refractivity contribution >= 4 is 17.6 Å². The number of carboxylic acid groups (broad SMARTS) is 1. The average Bonchev–Trinajstić information content (AvgIpc) is 2.54. The first-order chi connectivity index (χ1) is 11.4. The lowest BCUT2D eigenvalue weighted by Gasteiger charge is -2.34. The fraction of sp³-hybridized carbons (Fsp3) is 0.500. The number of piperidine rings is 1. The van der Waals surface area contributed by atoms with Crippen LogP contribution in [0.2, 0.25) is 0 Å². The Kier molecular flexibility index (Phi) is 5.73. The summed E-state index contributed by atoms with van der Waals surface area (Å²) in [5.41, 5.74) is -0.150. The molecule has 0 radical (unpaired) electrons. The van der Waals surface area contributed by atoms with E-state index in [1.807, 2.05) is 6.92 Å². The van der Waals surface area contributed by atoms with Gasteiger partial charge in [0.05, 0.1) is 23.9 Å². The predicted molar refractivity (Wildman–Crippen MR) is 84.7 cm³/mol. The minimum atomic E-state index is -0.893. The molecule has 24 heavy (non-hydrogen) atoms. The third kappa shape index (κ3) is 4.43. The third-order valence-electron chi connectivity index (χ3n) is 4.00. The van der Waals surface area contributed by atoms with Crippen molar-refractivity contribution in [2.45, 2.75) is 19.8 Å². The van der Waals surface area contributed by atoms with Crippen molar-refractivity contribution < 1.29 is 24.4 Å². The Morgan fingerprint density at radius 1 is 1.38 bits per heavy atom. The van der Waals surface area contributed by atoms with Crippen molar-refractivity contribution in [3.05, 3.63) is 34.4 Å². The molecule has 0 spiro atoms. The first-order valence-corrected chi connectivity index (χ1v) is 7.75. The van der Waals surface area contributed by atoms with Gasteiger partial charge in [0.25, 0.3) is 0 Å². The fourth-order valence-corrected chi connectivity index (χ4v) is 2.87. The highest BCUT2D eigenvalue weighted by atomic mass is 16.6. The molecule has 0 aromatic heterocycles. The van der Waals surface area contributed by atoms with Gasteiger partial charge < -0.3 is 14.7 Å². The molecular weight excluding hydrogens is 316 g/mol. The topological polar surface area (TPSA) is 110 Å². The molecule has 0 saturated carbocycles. The van der Waals surface area contributed by atoms with Gasteiger partial charge in [0.2, 0.25) is 5.91 Å². The number of ether oxygens (including phenoxy) is 1. The number of aliphatic carboxylic acids is 1. The summed E-state index contributed by atoms with van der Waals surface area (Å²) in [6.07, 6.45) is 0.608. The largest absolute Gasteiger partial charge is 0.486 e. The molecule has 1 N–H and O–H groups in total. The van der Waals surface area contributed by atoms with E-state index < -0.39 is 16.8 Å². The number of rotatable bonds is 6. The van der Waals surface area contributed by atoms with Crippen molar-refractivity contribution in [1.82, 2.24) is 4.90 Å². The number of nitrogens with zero attached hydrogens (tertiary/aromatic N) is 2. The molecule has 2 rings (SSSR count). The SMILES string of the molecule is CC1CC(C(=O)O)CN(C(=O)CCOc2ccccc2[N+](=O)[O-])C1. The van der Waals surface area contributed by atoms with E-state index in [0.717, 1.165) is 0 Å². The zero-order valence-corrected chi connectivity index (χ0v) is 13.4. The zero-order valence-electron chi connectivity index (χ0n) is 13.4. The molecular formula is C16H20N2O6. The summed E-state index contributed by atoms with van der Waals surface area (Å²) in [5.74, 6) is -1.40. The van der Waals surface area contributed by atoms with Gasteiger partial charge in [0.1, 0.15) is 0 Å². The lowest BCUT2D eigenvalue weighted by Crippen LogP contribution is -2.45. The van der Waals surface area contributed by atoms with Crippen LogP contribution in [0.15, 0.2) is 24.3 Å². The van der Waals surface area contributed by atoms with Crippen LogP contribution >= 0.6 is 0 Å². The summed E-state index contributed by atoms with van der Waals surface area (Å²) in [6, 6.07) is 5.97. The van der Waals surface area contributed by atoms with Gasteiger partial charge >= 0.3 is 11.7 Å². The minimum Gasteiger partial charge on any atom is -0.486 e. The molecule has 2 unspecified atom stereocenters. The van der Waals surface area contributed by atoms with E-state index in [4.69, 9.17) is 9.84 Å². The molecule has 2 atom stereocenters. The van der Waals surface area contributed by atoms with Gasteiger partial charge in [-0.2, -0.15) is 0 Å². The summed E-state index contributed by atoms with van der Waals surface area (Å²) >= 11 is 0. The van der Waals surface area contributed by atoms with Crippen molar-refractivity contribution in [2.75, 3.05) is 19.7 Å². The fourth-order valence-electron chi connectivity index (χ4n) is 2.87. The minimum absolute atomic E-state index is 0.00626. The normalized spacial score (nSPS) is 20.5. The number of amides is 1. The molecule has 130 valence electrons. The lowest BCUT2D eigenvalue weighted by molar-refractivity contribution is -0.385. The molecule has 1 amide bonds. The molecule has 1 saturated heterocycles. The highest BCUT2D eigenvalue weighted by Gasteiger charge is 2.31. The van der Waals surface area contributed by atoms with E-state index in [1.54, 1.807) is 6.07 Å². The second-order valence-electron chi connectivity index (χ2n) is 6.00. The molecule has 1 aromatic rings. The van der Waals surface area contributed by atoms with Gasteiger partial charge in [-0.25, -0.2) is 0 Å². The molecule has 8 heteroatoms. The molecule has 8 nitrogen and oxygen atoms in total. The summed E-state index contributed by atoms with van der Waals surface area (Å²) in [5, 5.41) is 20.0. The monoisotopic (exact) mass is 336 g/mol. The van der Waals surface area contributed by atoms with E-state index in [1.165, 1.54) is 23.1 Å². The summed E-state index contributed by atoms with van der Waals surface area (Å²) in [6.45, 7) is 2.64. The van der Waals surface area contributed by atoms with E-state index in [-0.39, 0.29) is 42.8 Å². The predicted octanol–water partition coefficient (Wildman–Crippen LogP) is 1.93. The van der Waals surface area contributed by atoms with Gasteiger partial charge in [-0.15, -0.1) is 0 Å². The average molecular weight is 336 g/mol. The summed E-state index contributed by atoms with van der Waals surface area (Å²) in [7, 11) is 0. The van der Waals surface area contributed by atoms with Crippen molar-refractivity contribution in [3.8, 4) is 5.75 Å². The van der Waals surface area contributed by atoms with Crippen LogP contribution in [0, 0.1) is 22.0 Å². The number of nitro benzene ring substituents is 1. The van der Waals surface area contributed by atoms with Crippen LogP contribution in [-0.4, -0.2) is 46.5 Å². The highest BCUT2D eigenvalue weighted by molar-refractivity contribution is 5.78. The molecule has 1 aliphatic rings. The number of nitro groups is 1.